The molecule has 1 N–H and O–H groups in total. The fourth-order valence-corrected chi connectivity index (χ4v) is 4.00. The number of hydrogen-bond acceptors (Lipinski definition) is 4. The van der Waals surface area contributed by atoms with Crippen LogP contribution in [0.1, 0.15) is 36.6 Å². The van der Waals surface area contributed by atoms with Crippen molar-refractivity contribution in [3.05, 3.63) is 76.5 Å². The Labute approximate surface area is 175 Å². The van der Waals surface area contributed by atoms with Gasteiger partial charge in [0.2, 0.25) is 5.91 Å². The van der Waals surface area contributed by atoms with Gasteiger partial charge in [-0.3, -0.25) is 4.79 Å². The van der Waals surface area contributed by atoms with Crippen LogP contribution in [-0.2, 0) is 11.2 Å². The number of ether oxygens (including phenoxy) is 1. The summed E-state index contributed by atoms with van der Waals surface area (Å²) in [7, 11) is 1.64. The number of para-hydroxylation sites is 1. The summed E-state index contributed by atoms with van der Waals surface area (Å²) in [6, 6.07) is 17.4. The lowest BCUT2D eigenvalue weighted by Crippen LogP contribution is -2.38. The van der Waals surface area contributed by atoms with E-state index in [0.717, 1.165) is 42.1 Å². The first kappa shape index (κ1) is 19.9. The van der Waals surface area contributed by atoms with Gasteiger partial charge in [0, 0.05) is 25.4 Å². The number of nitrogens with zero attached hydrogens (tertiary/aromatic N) is 3. The third-order valence-electron chi connectivity index (χ3n) is 5.71. The summed E-state index contributed by atoms with van der Waals surface area (Å²) in [6.07, 6.45) is 2.81. The molecule has 2 aromatic carbocycles. The molecule has 0 spiro atoms. The first-order valence-corrected chi connectivity index (χ1v) is 10.3. The van der Waals surface area contributed by atoms with E-state index in [-0.39, 0.29) is 17.5 Å². The number of carbonyl (C=O) groups excluding carboxylic acids is 1. The summed E-state index contributed by atoms with van der Waals surface area (Å²) in [6.45, 7) is 1.36. The number of nitrogens with one attached hydrogen (secondary N) is 1. The van der Waals surface area contributed by atoms with Crippen LogP contribution in [0.5, 0.6) is 5.75 Å². The van der Waals surface area contributed by atoms with E-state index in [1.54, 1.807) is 11.7 Å². The molecule has 1 saturated heterocycles. The molecule has 0 unspecified atom stereocenters. The minimum Gasteiger partial charge on any atom is -0.497 e. The van der Waals surface area contributed by atoms with Crippen LogP contribution in [0, 0.1) is 0 Å². The predicted octanol–water partition coefficient (Wildman–Crippen LogP) is 2.91. The molecule has 1 amide bonds. The Morgan fingerprint density at radius 1 is 1.10 bits per heavy atom. The largest absolute Gasteiger partial charge is 0.497 e. The maximum absolute atomic E-state index is 12.7. The highest BCUT2D eigenvalue weighted by atomic mass is 16.5. The lowest BCUT2D eigenvalue weighted by atomic mass is 9.95. The monoisotopic (exact) mass is 406 g/mol. The van der Waals surface area contributed by atoms with Gasteiger partial charge in [0.15, 0.2) is 0 Å². The van der Waals surface area contributed by atoms with E-state index in [0.29, 0.717) is 19.5 Å². The zero-order chi connectivity index (χ0) is 20.9. The Kier molecular flexibility index (Phi) is 5.97. The molecule has 1 aromatic heterocycles. The maximum Gasteiger partial charge on any atom is 0.347 e. The molecule has 7 nitrogen and oxygen atoms in total. The van der Waals surface area contributed by atoms with Gasteiger partial charge in [0.25, 0.3) is 0 Å². The number of hydrogen-bond donors (Lipinski definition) is 1. The van der Waals surface area contributed by atoms with E-state index in [4.69, 9.17) is 4.74 Å². The van der Waals surface area contributed by atoms with Crippen LogP contribution in [-0.4, -0.2) is 45.8 Å². The van der Waals surface area contributed by atoms with Crippen LogP contribution >= 0.6 is 0 Å². The number of aromatic amines is 1. The number of carbonyl (C=O) groups is 1. The number of rotatable bonds is 6. The molecule has 0 atom stereocenters. The van der Waals surface area contributed by atoms with Crippen molar-refractivity contribution >= 4 is 5.91 Å². The molecule has 3 aromatic rings. The highest BCUT2D eigenvalue weighted by molar-refractivity contribution is 5.76. The van der Waals surface area contributed by atoms with Crippen LogP contribution in [0.25, 0.3) is 5.69 Å². The van der Waals surface area contributed by atoms with Crippen LogP contribution in [0.3, 0.4) is 0 Å². The first-order valence-electron chi connectivity index (χ1n) is 10.3. The SMILES string of the molecule is COc1ccc(CCC(=O)N2CCC(c3n[nH]c(=O)n3-c3ccccc3)CC2)cc1. The van der Waals surface area contributed by atoms with E-state index in [9.17, 15) is 9.59 Å². The number of aryl methyl sites for hydroxylation is 1. The standard InChI is InChI=1S/C23H26N4O3/c1-30-20-10-7-17(8-11-20)9-12-21(28)26-15-13-18(14-16-26)22-24-25-23(29)27(22)19-5-3-2-4-6-19/h2-8,10-11,18H,9,12-16H2,1H3,(H,25,29). The molecule has 0 radical (unpaired) electrons. The van der Waals surface area contributed by atoms with Crippen molar-refractivity contribution in [2.75, 3.05) is 20.2 Å². The number of piperidine rings is 1. The average molecular weight is 406 g/mol. The number of benzene rings is 2. The van der Waals surface area contributed by atoms with Crippen molar-refractivity contribution in [2.45, 2.75) is 31.6 Å². The summed E-state index contributed by atoms with van der Waals surface area (Å²) in [5.41, 5.74) is 1.71. The Balaban J connectivity index is 1.35. The molecule has 1 fully saturated rings. The summed E-state index contributed by atoms with van der Waals surface area (Å²) in [4.78, 5) is 26.9. The van der Waals surface area contributed by atoms with Crippen molar-refractivity contribution in [1.82, 2.24) is 19.7 Å². The molecular formula is C23H26N4O3. The molecule has 4 rings (SSSR count). The van der Waals surface area contributed by atoms with Gasteiger partial charge in [0.05, 0.1) is 12.8 Å². The van der Waals surface area contributed by atoms with Gasteiger partial charge in [-0.05, 0) is 49.1 Å². The summed E-state index contributed by atoms with van der Waals surface area (Å²) in [5.74, 6) is 1.89. The third kappa shape index (κ3) is 4.30. The van der Waals surface area contributed by atoms with Gasteiger partial charge < -0.3 is 9.64 Å². The van der Waals surface area contributed by atoms with E-state index in [2.05, 4.69) is 10.2 Å². The van der Waals surface area contributed by atoms with Crippen LogP contribution in [0.4, 0.5) is 0 Å². The maximum atomic E-state index is 12.7. The van der Waals surface area contributed by atoms with Gasteiger partial charge in [-0.1, -0.05) is 30.3 Å². The molecule has 1 aliphatic heterocycles. The quantitative estimate of drug-likeness (QED) is 0.683. The average Bonchev–Trinajstić information content (AvgIpc) is 3.19. The second kappa shape index (κ2) is 8.98. The molecule has 30 heavy (non-hydrogen) atoms. The zero-order valence-electron chi connectivity index (χ0n) is 17.1. The van der Waals surface area contributed by atoms with Crippen molar-refractivity contribution in [3.63, 3.8) is 0 Å². The summed E-state index contributed by atoms with van der Waals surface area (Å²) >= 11 is 0. The zero-order valence-corrected chi connectivity index (χ0v) is 17.1. The van der Waals surface area contributed by atoms with Crippen LogP contribution in [0.2, 0.25) is 0 Å². The van der Waals surface area contributed by atoms with Crippen LogP contribution in [0.15, 0.2) is 59.4 Å². The van der Waals surface area contributed by atoms with Crippen molar-refractivity contribution < 1.29 is 9.53 Å². The number of amides is 1. The highest BCUT2D eigenvalue weighted by Gasteiger charge is 2.27. The van der Waals surface area contributed by atoms with Crippen molar-refractivity contribution in [1.29, 1.82) is 0 Å². The van der Waals surface area contributed by atoms with Crippen molar-refractivity contribution in [3.8, 4) is 11.4 Å². The van der Waals surface area contributed by atoms with E-state index < -0.39 is 0 Å². The van der Waals surface area contributed by atoms with Crippen LogP contribution < -0.4 is 10.4 Å². The highest BCUT2D eigenvalue weighted by Crippen LogP contribution is 2.27. The third-order valence-corrected chi connectivity index (χ3v) is 5.71. The lowest BCUT2D eigenvalue weighted by Gasteiger charge is -2.31. The molecule has 7 heteroatoms. The Morgan fingerprint density at radius 2 is 1.80 bits per heavy atom. The summed E-state index contributed by atoms with van der Waals surface area (Å²) in [5, 5.41) is 6.87. The van der Waals surface area contributed by atoms with E-state index in [1.165, 1.54) is 0 Å². The topological polar surface area (TPSA) is 80.2 Å². The number of methoxy groups -OCH3 is 1. The van der Waals surface area contributed by atoms with Gasteiger partial charge in [-0.25, -0.2) is 14.5 Å². The van der Waals surface area contributed by atoms with Gasteiger partial charge >= 0.3 is 5.69 Å². The Morgan fingerprint density at radius 3 is 2.47 bits per heavy atom. The Bertz CT molecular complexity index is 1030. The summed E-state index contributed by atoms with van der Waals surface area (Å²) < 4.78 is 6.82. The van der Waals surface area contributed by atoms with Crippen molar-refractivity contribution in [2.24, 2.45) is 0 Å². The van der Waals surface area contributed by atoms with Gasteiger partial charge in [0.1, 0.15) is 11.6 Å². The smallest absolute Gasteiger partial charge is 0.347 e. The minimum absolute atomic E-state index is 0.148. The minimum atomic E-state index is -0.228. The molecule has 156 valence electrons. The Hall–Kier alpha value is -3.35. The molecule has 2 heterocycles. The molecule has 0 saturated carbocycles. The molecule has 1 aliphatic rings. The number of H-pyrrole nitrogens is 1. The van der Waals surface area contributed by atoms with Gasteiger partial charge in [-0.15, -0.1) is 0 Å². The fourth-order valence-electron chi connectivity index (χ4n) is 4.00. The van der Waals surface area contributed by atoms with E-state index >= 15 is 0 Å². The second-order valence-electron chi connectivity index (χ2n) is 7.56. The fraction of sp³-hybridized carbons (Fsp3) is 0.348. The van der Waals surface area contributed by atoms with E-state index in [1.807, 2.05) is 59.5 Å². The molecule has 0 bridgehead atoms. The second-order valence-corrected chi connectivity index (χ2v) is 7.56. The molecular weight excluding hydrogens is 380 g/mol. The van der Waals surface area contributed by atoms with Gasteiger partial charge in [-0.2, -0.15) is 5.10 Å². The predicted molar refractivity (Wildman–Crippen MR) is 114 cm³/mol. The number of likely N-dealkylation sites (tertiary alicyclic amines) is 1. The molecule has 0 aliphatic carbocycles. The first-order chi connectivity index (χ1) is 14.7. The lowest BCUT2D eigenvalue weighted by molar-refractivity contribution is -0.132. The normalized spacial score (nSPS) is 14.6. The number of aromatic nitrogens is 3.